The third kappa shape index (κ3) is 2.89. The van der Waals surface area contributed by atoms with E-state index in [0.717, 1.165) is 18.4 Å². The van der Waals surface area contributed by atoms with Gasteiger partial charge < -0.3 is 4.74 Å². The molecule has 0 saturated carbocycles. The molecule has 0 N–H and O–H groups in total. The lowest BCUT2D eigenvalue weighted by Gasteiger charge is -2.23. The molecule has 0 radical (unpaired) electrons. The molecular formula is C17H24O2. The summed E-state index contributed by atoms with van der Waals surface area (Å²) in [5.41, 5.74) is 2.28. The first-order valence-corrected chi connectivity index (χ1v) is 7.22. The van der Waals surface area contributed by atoms with Gasteiger partial charge in [-0.1, -0.05) is 45.0 Å². The van der Waals surface area contributed by atoms with E-state index in [1.54, 1.807) is 0 Å². The average Bonchev–Trinajstić information content (AvgIpc) is 2.84. The lowest BCUT2D eigenvalue weighted by atomic mass is 9.81. The Morgan fingerprint density at radius 3 is 2.42 bits per heavy atom. The van der Waals surface area contributed by atoms with Gasteiger partial charge >= 0.3 is 0 Å². The van der Waals surface area contributed by atoms with Gasteiger partial charge in [0.1, 0.15) is 0 Å². The van der Waals surface area contributed by atoms with E-state index in [1.807, 2.05) is 19.1 Å². The van der Waals surface area contributed by atoms with Crippen molar-refractivity contribution in [3.63, 3.8) is 0 Å². The fraction of sp³-hybridized carbons (Fsp3) is 0.588. The number of Topliss-reactive ketones (excluding diaryl/α,β-unsaturated/α-hetero) is 1. The highest BCUT2D eigenvalue weighted by Crippen LogP contribution is 2.28. The van der Waals surface area contributed by atoms with Crippen LogP contribution in [0.5, 0.6) is 0 Å². The van der Waals surface area contributed by atoms with Crippen LogP contribution < -0.4 is 0 Å². The minimum Gasteiger partial charge on any atom is -0.378 e. The van der Waals surface area contributed by atoms with Crippen molar-refractivity contribution < 1.29 is 9.53 Å². The predicted molar refractivity (Wildman–Crippen MR) is 77.6 cm³/mol. The number of benzene rings is 1. The van der Waals surface area contributed by atoms with E-state index < -0.39 is 0 Å². The fourth-order valence-electron chi connectivity index (χ4n) is 2.58. The number of hydrogen-bond donors (Lipinski definition) is 0. The minimum absolute atomic E-state index is 0.0324. The highest BCUT2D eigenvalue weighted by Gasteiger charge is 2.31. The van der Waals surface area contributed by atoms with Crippen LogP contribution in [0.25, 0.3) is 0 Å². The molecule has 1 aliphatic rings. The summed E-state index contributed by atoms with van der Waals surface area (Å²) in [5.74, 6) is 0.260. The molecule has 1 aromatic carbocycles. The van der Waals surface area contributed by atoms with E-state index in [0.29, 0.717) is 6.61 Å². The van der Waals surface area contributed by atoms with Crippen LogP contribution in [0.2, 0.25) is 0 Å². The molecule has 0 amide bonds. The molecule has 0 aliphatic carbocycles. The predicted octanol–water partition coefficient (Wildman–Crippen LogP) is 3.98. The zero-order chi connectivity index (χ0) is 14.0. The van der Waals surface area contributed by atoms with Gasteiger partial charge in [-0.25, -0.2) is 0 Å². The summed E-state index contributed by atoms with van der Waals surface area (Å²) in [5, 5.41) is 0. The van der Waals surface area contributed by atoms with Crippen LogP contribution in [0, 0.1) is 5.92 Å². The number of carbonyl (C=O) groups is 1. The Balaban J connectivity index is 2.16. The first-order valence-electron chi connectivity index (χ1n) is 7.22. The SMILES string of the molecule is CCC(C)(C)c1ccc(C(=O)C2CCOC2C)cc1. The molecule has 1 aromatic rings. The molecule has 2 unspecified atom stereocenters. The van der Waals surface area contributed by atoms with E-state index in [1.165, 1.54) is 5.56 Å². The second kappa shape index (κ2) is 5.46. The lowest BCUT2D eigenvalue weighted by molar-refractivity contribution is 0.0764. The van der Waals surface area contributed by atoms with Crippen LogP contribution in [0.15, 0.2) is 24.3 Å². The third-order valence-electron chi connectivity index (χ3n) is 4.55. The summed E-state index contributed by atoms with van der Waals surface area (Å²) in [6.07, 6.45) is 2.00. The van der Waals surface area contributed by atoms with Crippen LogP contribution in [-0.2, 0) is 10.2 Å². The zero-order valence-electron chi connectivity index (χ0n) is 12.4. The summed E-state index contributed by atoms with van der Waals surface area (Å²) in [6.45, 7) is 9.35. The summed E-state index contributed by atoms with van der Waals surface area (Å²) >= 11 is 0. The second-order valence-corrected chi connectivity index (χ2v) is 6.15. The standard InChI is InChI=1S/C17H24O2/c1-5-17(3,4)14-8-6-13(7-9-14)16(18)15-10-11-19-12(15)2/h6-9,12,15H,5,10-11H2,1-4H3. The Labute approximate surface area is 116 Å². The quantitative estimate of drug-likeness (QED) is 0.765. The summed E-state index contributed by atoms with van der Waals surface area (Å²) in [6, 6.07) is 8.13. The van der Waals surface area contributed by atoms with Gasteiger partial charge in [0.2, 0.25) is 0 Å². The van der Waals surface area contributed by atoms with E-state index in [9.17, 15) is 4.79 Å². The highest BCUT2D eigenvalue weighted by atomic mass is 16.5. The molecule has 2 nitrogen and oxygen atoms in total. The van der Waals surface area contributed by atoms with Gasteiger partial charge in [-0.2, -0.15) is 0 Å². The Kier molecular flexibility index (Phi) is 4.10. The van der Waals surface area contributed by atoms with Gasteiger partial charge in [0.05, 0.1) is 12.0 Å². The molecule has 0 bridgehead atoms. The summed E-state index contributed by atoms with van der Waals surface area (Å²) in [4.78, 5) is 12.4. The van der Waals surface area contributed by atoms with Gasteiger partial charge in [-0.15, -0.1) is 0 Å². The maximum absolute atomic E-state index is 12.4. The first-order chi connectivity index (χ1) is 8.95. The monoisotopic (exact) mass is 260 g/mol. The molecule has 19 heavy (non-hydrogen) atoms. The molecule has 1 heterocycles. The van der Waals surface area contributed by atoms with Crippen LogP contribution in [-0.4, -0.2) is 18.5 Å². The maximum atomic E-state index is 12.4. The topological polar surface area (TPSA) is 26.3 Å². The number of rotatable bonds is 4. The molecule has 1 aliphatic heterocycles. The molecule has 1 saturated heterocycles. The number of carbonyl (C=O) groups excluding carboxylic acids is 1. The van der Waals surface area contributed by atoms with E-state index in [2.05, 4.69) is 32.9 Å². The van der Waals surface area contributed by atoms with Crippen molar-refractivity contribution in [1.29, 1.82) is 0 Å². The van der Waals surface area contributed by atoms with Crippen molar-refractivity contribution in [3.8, 4) is 0 Å². The normalized spacial score (nSPS) is 23.6. The van der Waals surface area contributed by atoms with Crippen molar-refractivity contribution in [3.05, 3.63) is 35.4 Å². The van der Waals surface area contributed by atoms with Crippen LogP contribution in [0.3, 0.4) is 0 Å². The fourth-order valence-corrected chi connectivity index (χ4v) is 2.58. The Hall–Kier alpha value is -1.15. The number of ketones is 1. The first kappa shape index (κ1) is 14.3. The van der Waals surface area contributed by atoms with Gasteiger partial charge in [0, 0.05) is 12.2 Å². The second-order valence-electron chi connectivity index (χ2n) is 6.15. The molecule has 2 heteroatoms. The molecule has 0 spiro atoms. The molecule has 104 valence electrons. The summed E-state index contributed by atoms with van der Waals surface area (Å²) in [7, 11) is 0. The number of ether oxygens (including phenoxy) is 1. The molecule has 1 fully saturated rings. The van der Waals surface area contributed by atoms with Crippen molar-refractivity contribution in [2.75, 3.05) is 6.61 Å². The maximum Gasteiger partial charge on any atom is 0.168 e. The molecule has 0 aromatic heterocycles. The zero-order valence-corrected chi connectivity index (χ0v) is 12.4. The number of hydrogen-bond acceptors (Lipinski definition) is 2. The van der Waals surface area contributed by atoms with Gasteiger partial charge in [0.25, 0.3) is 0 Å². The third-order valence-corrected chi connectivity index (χ3v) is 4.55. The average molecular weight is 260 g/mol. The molecule has 2 atom stereocenters. The van der Waals surface area contributed by atoms with E-state index >= 15 is 0 Å². The van der Waals surface area contributed by atoms with E-state index in [-0.39, 0.29) is 23.2 Å². The smallest absolute Gasteiger partial charge is 0.168 e. The molecule has 2 rings (SSSR count). The van der Waals surface area contributed by atoms with Crippen LogP contribution in [0.1, 0.15) is 56.5 Å². The molecular weight excluding hydrogens is 236 g/mol. The van der Waals surface area contributed by atoms with Crippen LogP contribution >= 0.6 is 0 Å². The van der Waals surface area contributed by atoms with Crippen LogP contribution in [0.4, 0.5) is 0 Å². The van der Waals surface area contributed by atoms with Crippen molar-refractivity contribution >= 4 is 5.78 Å². The Bertz CT molecular complexity index is 445. The largest absolute Gasteiger partial charge is 0.378 e. The van der Waals surface area contributed by atoms with Gasteiger partial charge in [-0.05, 0) is 30.7 Å². The Morgan fingerprint density at radius 1 is 1.32 bits per heavy atom. The van der Waals surface area contributed by atoms with Crippen molar-refractivity contribution in [2.24, 2.45) is 5.92 Å². The van der Waals surface area contributed by atoms with Gasteiger partial charge in [-0.3, -0.25) is 4.79 Å². The minimum atomic E-state index is 0.0324. The van der Waals surface area contributed by atoms with Crippen molar-refractivity contribution in [2.45, 2.75) is 52.1 Å². The Morgan fingerprint density at radius 2 is 1.95 bits per heavy atom. The van der Waals surface area contributed by atoms with E-state index in [4.69, 9.17) is 4.74 Å². The lowest BCUT2D eigenvalue weighted by Crippen LogP contribution is -2.22. The summed E-state index contributed by atoms with van der Waals surface area (Å²) < 4.78 is 5.48. The van der Waals surface area contributed by atoms with Crippen molar-refractivity contribution in [1.82, 2.24) is 0 Å². The highest BCUT2D eigenvalue weighted by molar-refractivity contribution is 5.98. The van der Waals surface area contributed by atoms with Gasteiger partial charge in [0.15, 0.2) is 5.78 Å².